The number of rotatable bonds is 8. The number of thioether (sulfide) groups is 1. The minimum absolute atomic E-state index is 0.0747. The fraction of sp³-hybridized carbons (Fsp3) is 0.280. The molecule has 0 atom stereocenters. The zero-order valence-electron chi connectivity index (χ0n) is 18.7. The van der Waals surface area contributed by atoms with E-state index in [1.54, 1.807) is 4.52 Å². The van der Waals surface area contributed by atoms with E-state index in [2.05, 4.69) is 39.3 Å². The predicted octanol–water partition coefficient (Wildman–Crippen LogP) is 4.41. The molecule has 0 spiro atoms. The molecule has 4 aromatic rings. The first kappa shape index (κ1) is 22.0. The average molecular weight is 446 g/mol. The molecule has 0 aliphatic rings. The molecule has 1 amide bonds. The van der Waals surface area contributed by atoms with Gasteiger partial charge in [0.25, 0.3) is 5.78 Å². The van der Waals surface area contributed by atoms with Gasteiger partial charge < -0.3 is 4.90 Å². The first-order chi connectivity index (χ1) is 15.5. The second-order valence-electron chi connectivity index (χ2n) is 7.84. The quantitative estimate of drug-likeness (QED) is 0.376. The van der Waals surface area contributed by atoms with Crippen LogP contribution in [-0.4, -0.2) is 42.7 Å². The zero-order valence-corrected chi connectivity index (χ0v) is 19.5. The Hall–Kier alpha value is -3.19. The van der Waals surface area contributed by atoms with Crippen LogP contribution in [0, 0.1) is 20.8 Å². The number of hydrogen-bond acceptors (Lipinski definition) is 5. The number of hydrogen-bond donors (Lipinski definition) is 0. The van der Waals surface area contributed by atoms with Crippen molar-refractivity contribution >= 4 is 23.4 Å². The molecule has 2 heterocycles. The summed E-state index contributed by atoms with van der Waals surface area (Å²) in [6.07, 6.45) is 0.818. The van der Waals surface area contributed by atoms with Crippen LogP contribution >= 0.6 is 11.8 Å². The fourth-order valence-electron chi connectivity index (χ4n) is 3.52. The molecule has 0 bridgehead atoms. The van der Waals surface area contributed by atoms with Crippen LogP contribution in [0.4, 0.5) is 0 Å². The Morgan fingerprint density at radius 3 is 2.28 bits per heavy atom. The Bertz CT molecular complexity index is 1210. The molecule has 0 N–H and O–H groups in total. The van der Waals surface area contributed by atoms with E-state index in [1.165, 1.54) is 17.3 Å². The van der Waals surface area contributed by atoms with Gasteiger partial charge in [-0.2, -0.15) is 4.98 Å². The molecule has 0 saturated carbocycles. The molecular formula is C25H27N5OS. The van der Waals surface area contributed by atoms with Crippen LogP contribution in [0.3, 0.4) is 0 Å². The summed E-state index contributed by atoms with van der Waals surface area (Å²) in [5.41, 5.74) is 5.41. The maximum atomic E-state index is 13.2. The molecule has 164 valence electrons. The van der Waals surface area contributed by atoms with Crippen LogP contribution in [-0.2, 0) is 17.8 Å². The van der Waals surface area contributed by atoms with Crippen LogP contribution in [0.25, 0.3) is 5.78 Å². The summed E-state index contributed by atoms with van der Waals surface area (Å²) < 4.78 is 1.76. The minimum atomic E-state index is 0.0747. The number of aryl methyl sites for hydroxylation is 2. The SMILES string of the molecule is Cc1nc2nc(SCC(=O)N(CCc3ccccc3)Cc3ccccc3)nn2c(C)c1C. The molecule has 0 aliphatic heterocycles. The molecule has 0 radical (unpaired) electrons. The molecule has 2 aromatic carbocycles. The van der Waals surface area contributed by atoms with E-state index in [1.807, 2.05) is 62.1 Å². The topological polar surface area (TPSA) is 63.4 Å². The summed E-state index contributed by atoms with van der Waals surface area (Å²) in [6, 6.07) is 20.4. The molecule has 2 aromatic heterocycles. The van der Waals surface area contributed by atoms with E-state index in [-0.39, 0.29) is 11.7 Å². The van der Waals surface area contributed by atoms with Gasteiger partial charge in [0.05, 0.1) is 5.75 Å². The van der Waals surface area contributed by atoms with E-state index in [9.17, 15) is 4.79 Å². The second-order valence-corrected chi connectivity index (χ2v) is 8.78. The van der Waals surface area contributed by atoms with Gasteiger partial charge in [0.1, 0.15) is 0 Å². The molecule has 32 heavy (non-hydrogen) atoms. The molecule has 0 unspecified atom stereocenters. The smallest absolute Gasteiger partial charge is 0.253 e. The van der Waals surface area contributed by atoms with E-state index in [0.29, 0.717) is 24.0 Å². The monoisotopic (exact) mass is 445 g/mol. The van der Waals surface area contributed by atoms with Gasteiger partial charge in [0.2, 0.25) is 11.1 Å². The molecule has 7 heteroatoms. The second kappa shape index (κ2) is 9.96. The number of carbonyl (C=O) groups is 1. The highest BCUT2D eigenvalue weighted by atomic mass is 32.2. The van der Waals surface area contributed by atoms with Gasteiger partial charge in [0, 0.05) is 24.5 Å². The Morgan fingerprint density at radius 2 is 1.59 bits per heavy atom. The Labute approximate surface area is 192 Å². The van der Waals surface area contributed by atoms with Gasteiger partial charge in [-0.25, -0.2) is 9.50 Å². The lowest BCUT2D eigenvalue weighted by Crippen LogP contribution is -2.33. The number of aromatic nitrogens is 4. The maximum Gasteiger partial charge on any atom is 0.253 e. The lowest BCUT2D eigenvalue weighted by Gasteiger charge is -2.23. The number of amides is 1. The third-order valence-electron chi connectivity index (χ3n) is 5.65. The van der Waals surface area contributed by atoms with Crippen molar-refractivity contribution in [2.24, 2.45) is 0 Å². The summed E-state index contributed by atoms with van der Waals surface area (Å²) in [7, 11) is 0. The van der Waals surface area contributed by atoms with Crippen molar-refractivity contribution in [3.8, 4) is 0 Å². The normalized spacial score (nSPS) is 11.1. The highest BCUT2D eigenvalue weighted by Crippen LogP contribution is 2.19. The van der Waals surface area contributed by atoms with Gasteiger partial charge in [-0.05, 0) is 43.9 Å². The number of carbonyl (C=O) groups excluding carboxylic acids is 1. The van der Waals surface area contributed by atoms with Crippen LogP contribution in [0.15, 0.2) is 65.8 Å². The highest BCUT2D eigenvalue weighted by molar-refractivity contribution is 7.99. The first-order valence-corrected chi connectivity index (χ1v) is 11.7. The maximum absolute atomic E-state index is 13.2. The molecular weight excluding hydrogens is 418 g/mol. The zero-order chi connectivity index (χ0) is 22.5. The lowest BCUT2D eigenvalue weighted by molar-refractivity contribution is -0.128. The third kappa shape index (κ3) is 5.16. The van der Waals surface area contributed by atoms with Crippen molar-refractivity contribution in [2.75, 3.05) is 12.3 Å². The number of fused-ring (bicyclic) bond motifs is 1. The largest absolute Gasteiger partial charge is 0.337 e. The fourth-order valence-corrected chi connectivity index (χ4v) is 4.24. The van der Waals surface area contributed by atoms with E-state index in [4.69, 9.17) is 0 Å². The van der Waals surface area contributed by atoms with Crippen LogP contribution in [0.5, 0.6) is 0 Å². The molecule has 0 fully saturated rings. The molecule has 6 nitrogen and oxygen atoms in total. The van der Waals surface area contributed by atoms with Gasteiger partial charge in [-0.3, -0.25) is 4.79 Å². The van der Waals surface area contributed by atoms with Crippen molar-refractivity contribution in [3.63, 3.8) is 0 Å². The van der Waals surface area contributed by atoms with Crippen molar-refractivity contribution in [1.82, 2.24) is 24.5 Å². The molecule has 0 aliphatic carbocycles. The summed E-state index contributed by atoms with van der Waals surface area (Å²) in [5, 5.41) is 5.13. The van der Waals surface area contributed by atoms with E-state index in [0.717, 1.165) is 28.9 Å². The van der Waals surface area contributed by atoms with E-state index >= 15 is 0 Å². The third-order valence-corrected chi connectivity index (χ3v) is 6.47. The van der Waals surface area contributed by atoms with Gasteiger partial charge in [0.15, 0.2) is 0 Å². The van der Waals surface area contributed by atoms with E-state index < -0.39 is 0 Å². The van der Waals surface area contributed by atoms with Crippen molar-refractivity contribution in [2.45, 2.75) is 38.9 Å². The van der Waals surface area contributed by atoms with Crippen LogP contribution in [0.2, 0.25) is 0 Å². The lowest BCUT2D eigenvalue weighted by atomic mass is 10.1. The predicted molar refractivity (Wildman–Crippen MR) is 128 cm³/mol. The van der Waals surface area contributed by atoms with Gasteiger partial charge >= 0.3 is 0 Å². The summed E-state index contributed by atoms with van der Waals surface area (Å²) >= 11 is 1.36. The summed E-state index contributed by atoms with van der Waals surface area (Å²) in [5.74, 6) is 0.937. The Morgan fingerprint density at radius 1 is 0.938 bits per heavy atom. The highest BCUT2D eigenvalue weighted by Gasteiger charge is 2.17. The Kier molecular flexibility index (Phi) is 6.85. The minimum Gasteiger partial charge on any atom is -0.337 e. The number of benzene rings is 2. The number of nitrogens with zero attached hydrogens (tertiary/aromatic N) is 5. The van der Waals surface area contributed by atoms with Gasteiger partial charge in [-0.1, -0.05) is 72.4 Å². The summed E-state index contributed by atoms with van der Waals surface area (Å²) in [4.78, 5) is 24.1. The molecule has 0 saturated heterocycles. The van der Waals surface area contributed by atoms with Gasteiger partial charge in [-0.15, -0.1) is 5.10 Å². The van der Waals surface area contributed by atoms with Crippen molar-refractivity contribution < 1.29 is 4.79 Å². The van der Waals surface area contributed by atoms with Crippen molar-refractivity contribution in [3.05, 3.63) is 88.7 Å². The summed E-state index contributed by atoms with van der Waals surface area (Å²) in [6.45, 7) is 7.27. The van der Waals surface area contributed by atoms with Crippen LogP contribution in [0.1, 0.15) is 28.1 Å². The van der Waals surface area contributed by atoms with Crippen molar-refractivity contribution in [1.29, 1.82) is 0 Å². The average Bonchev–Trinajstić information content (AvgIpc) is 3.23. The first-order valence-electron chi connectivity index (χ1n) is 10.7. The standard InChI is InChI=1S/C25H27N5OS/c1-18-19(2)26-24-27-25(28-30(24)20(18)3)32-17-23(31)29(16-22-12-8-5-9-13-22)15-14-21-10-6-4-7-11-21/h4-13H,14-17H2,1-3H3. The molecule has 4 rings (SSSR count). The van der Waals surface area contributed by atoms with Crippen LogP contribution < -0.4 is 0 Å². The Balaban J connectivity index is 1.46.